The highest BCUT2D eigenvalue weighted by Gasteiger charge is 2.20. The first-order chi connectivity index (χ1) is 12.4. The number of carbonyl (C=O) groups excluding carboxylic acids is 2. The van der Waals surface area contributed by atoms with Gasteiger partial charge in [0.15, 0.2) is 5.78 Å². The summed E-state index contributed by atoms with van der Waals surface area (Å²) in [6.45, 7) is 4.03. The number of carbonyl (C=O) groups is 2. The lowest BCUT2D eigenvalue weighted by molar-refractivity contribution is -0.122. The Morgan fingerprint density at radius 1 is 0.962 bits per heavy atom. The molecule has 26 heavy (non-hydrogen) atoms. The Hall–Kier alpha value is -2.62. The van der Waals surface area contributed by atoms with Gasteiger partial charge in [-0.25, -0.2) is 0 Å². The van der Waals surface area contributed by atoms with E-state index < -0.39 is 0 Å². The van der Waals surface area contributed by atoms with E-state index in [1.54, 1.807) is 31.4 Å². The molecule has 0 heterocycles. The van der Waals surface area contributed by atoms with Crippen LogP contribution in [0.5, 0.6) is 5.75 Å². The second kappa shape index (κ2) is 9.18. The average Bonchev–Trinajstić information content (AvgIpc) is 2.61. The van der Waals surface area contributed by atoms with Crippen molar-refractivity contribution in [2.45, 2.75) is 45.1 Å². The van der Waals surface area contributed by atoms with Gasteiger partial charge in [-0.15, -0.1) is 0 Å². The minimum absolute atomic E-state index is 0.0199. The summed E-state index contributed by atoms with van der Waals surface area (Å²) in [4.78, 5) is 24.4. The maximum atomic E-state index is 12.2. The van der Waals surface area contributed by atoms with Gasteiger partial charge < -0.3 is 10.1 Å². The van der Waals surface area contributed by atoms with Crippen LogP contribution in [0.1, 0.15) is 49.0 Å². The average molecular weight is 353 g/mol. The Kier molecular flexibility index (Phi) is 6.96. The number of Topliss-reactive ketones (excluding diaryl/α,β-unsaturated/α-hetero) is 1. The first-order valence-corrected chi connectivity index (χ1v) is 8.92. The van der Waals surface area contributed by atoms with Crippen LogP contribution in [0.4, 0.5) is 0 Å². The van der Waals surface area contributed by atoms with Gasteiger partial charge in [0, 0.05) is 23.9 Å². The van der Waals surface area contributed by atoms with Crippen LogP contribution in [0.2, 0.25) is 0 Å². The molecule has 0 aromatic heterocycles. The van der Waals surface area contributed by atoms with E-state index in [4.69, 9.17) is 4.74 Å². The Balaban J connectivity index is 1.76. The maximum Gasteiger partial charge on any atom is 0.220 e. The van der Waals surface area contributed by atoms with Gasteiger partial charge in [0.25, 0.3) is 0 Å². The largest absolute Gasteiger partial charge is 0.497 e. The molecule has 0 radical (unpaired) electrons. The SMILES string of the molecule is COc1ccc(C(=O)CCCC(=O)NC(C)(C)Cc2ccccc2)cc1. The summed E-state index contributed by atoms with van der Waals surface area (Å²) < 4.78 is 5.09. The number of hydrogen-bond donors (Lipinski definition) is 1. The lowest BCUT2D eigenvalue weighted by atomic mass is 9.94. The van der Waals surface area contributed by atoms with Crippen LogP contribution in [0.3, 0.4) is 0 Å². The van der Waals surface area contributed by atoms with Gasteiger partial charge >= 0.3 is 0 Å². The molecule has 4 heteroatoms. The highest BCUT2D eigenvalue weighted by Crippen LogP contribution is 2.15. The van der Waals surface area contributed by atoms with Gasteiger partial charge in [0.2, 0.25) is 5.91 Å². The third kappa shape index (κ3) is 6.36. The molecule has 2 aromatic carbocycles. The third-order valence-electron chi connectivity index (χ3n) is 4.19. The number of nitrogens with one attached hydrogen (secondary N) is 1. The Bertz CT molecular complexity index is 721. The maximum absolute atomic E-state index is 12.2. The Morgan fingerprint density at radius 2 is 1.62 bits per heavy atom. The molecule has 0 bridgehead atoms. The molecule has 0 fully saturated rings. The summed E-state index contributed by atoms with van der Waals surface area (Å²) in [6, 6.07) is 17.1. The summed E-state index contributed by atoms with van der Waals surface area (Å²) in [5.74, 6) is 0.749. The normalized spacial score (nSPS) is 11.0. The van der Waals surface area contributed by atoms with Crippen molar-refractivity contribution in [1.29, 1.82) is 0 Å². The molecule has 0 aliphatic heterocycles. The monoisotopic (exact) mass is 353 g/mol. The van der Waals surface area contributed by atoms with Crippen molar-refractivity contribution in [2.24, 2.45) is 0 Å². The van der Waals surface area contributed by atoms with Crippen LogP contribution < -0.4 is 10.1 Å². The van der Waals surface area contributed by atoms with Crippen molar-refractivity contribution in [2.75, 3.05) is 7.11 Å². The Morgan fingerprint density at radius 3 is 2.23 bits per heavy atom. The molecular formula is C22H27NO3. The van der Waals surface area contributed by atoms with E-state index in [-0.39, 0.29) is 17.2 Å². The van der Waals surface area contributed by atoms with Crippen molar-refractivity contribution in [3.8, 4) is 5.75 Å². The molecule has 0 saturated heterocycles. The van der Waals surface area contributed by atoms with Gasteiger partial charge in [0.05, 0.1) is 7.11 Å². The number of hydrogen-bond acceptors (Lipinski definition) is 3. The van der Waals surface area contributed by atoms with E-state index >= 15 is 0 Å². The number of rotatable bonds is 9. The number of ether oxygens (including phenoxy) is 1. The predicted octanol–water partition coefficient (Wildman–Crippen LogP) is 4.19. The fourth-order valence-corrected chi connectivity index (χ4v) is 2.92. The third-order valence-corrected chi connectivity index (χ3v) is 4.19. The van der Waals surface area contributed by atoms with E-state index in [1.165, 1.54) is 5.56 Å². The van der Waals surface area contributed by atoms with Crippen LogP contribution in [-0.2, 0) is 11.2 Å². The molecule has 2 aromatic rings. The van der Waals surface area contributed by atoms with Crippen LogP contribution in [0, 0.1) is 0 Å². The molecule has 0 aliphatic rings. The van der Waals surface area contributed by atoms with Crippen molar-refractivity contribution >= 4 is 11.7 Å². The molecule has 1 amide bonds. The van der Waals surface area contributed by atoms with E-state index in [9.17, 15) is 9.59 Å². The van der Waals surface area contributed by atoms with E-state index in [1.807, 2.05) is 32.0 Å². The second-order valence-corrected chi connectivity index (χ2v) is 7.10. The van der Waals surface area contributed by atoms with E-state index in [0.717, 1.165) is 12.2 Å². The van der Waals surface area contributed by atoms with Gasteiger partial charge in [0.1, 0.15) is 5.75 Å². The van der Waals surface area contributed by atoms with Crippen molar-refractivity contribution < 1.29 is 14.3 Å². The van der Waals surface area contributed by atoms with Crippen LogP contribution in [0.25, 0.3) is 0 Å². The lowest BCUT2D eigenvalue weighted by Gasteiger charge is -2.26. The predicted molar refractivity (Wildman–Crippen MR) is 104 cm³/mol. The molecule has 4 nitrogen and oxygen atoms in total. The minimum atomic E-state index is -0.321. The minimum Gasteiger partial charge on any atom is -0.497 e. The molecule has 0 saturated carbocycles. The summed E-state index contributed by atoms with van der Waals surface area (Å²) >= 11 is 0. The number of methoxy groups -OCH3 is 1. The van der Waals surface area contributed by atoms with Crippen molar-refractivity contribution in [3.63, 3.8) is 0 Å². The van der Waals surface area contributed by atoms with E-state index in [0.29, 0.717) is 24.8 Å². The lowest BCUT2D eigenvalue weighted by Crippen LogP contribution is -2.45. The van der Waals surface area contributed by atoms with E-state index in [2.05, 4.69) is 17.4 Å². The first-order valence-electron chi connectivity index (χ1n) is 8.92. The van der Waals surface area contributed by atoms with Crippen LogP contribution in [0.15, 0.2) is 54.6 Å². The number of benzene rings is 2. The van der Waals surface area contributed by atoms with Crippen molar-refractivity contribution in [3.05, 3.63) is 65.7 Å². The molecule has 0 atom stereocenters. The van der Waals surface area contributed by atoms with Crippen molar-refractivity contribution in [1.82, 2.24) is 5.32 Å². The zero-order chi connectivity index (χ0) is 19.0. The summed E-state index contributed by atoms with van der Waals surface area (Å²) in [5.41, 5.74) is 1.52. The first kappa shape index (κ1) is 19.7. The Labute approximate surface area is 155 Å². The quantitative estimate of drug-likeness (QED) is 0.688. The van der Waals surface area contributed by atoms with Crippen LogP contribution in [-0.4, -0.2) is 24.3 Å². The molecule has 2 rings (SSSR count). The topological polar surface area (TPSA) is 55.4 Å². The zero-order valence-electron chi connectivity index (χ0n) is 15.7. The molecule has 0 spiro atoms. The summed E-state index contributed by atoms with van der Waals surface area (Å²) in [7, 11) is 1.59. The summed E-state index contributed by atoms with van der Waals surface area (Å²) in [6.07, 6.45) is 2.02. The highest BCUT2D eigenvalue weighted by atomic mass is 16.5. The van der Waals surface area contributed by atoms with Gasteiger partial charge in [-0.05, 0) is 56.5 Å². The number of amides is 1. The molecule has 0 unspecified atom stereocenters. The number of ketones is 1. The molecule has 1 N–H and O–H groups in total. The van der Waals surface area contributed by atoms with Gasteiger partial charge in [-0.3, -0.25) is 9.59 Å². The standard InChI is InChI=1S/C22H27NO3/c1-22(2,16-17-8-5-4-6-9-17)23-21(25)11-7-10-20(24)18-12-14-19(26-3)15-13-18/h4-6,8-9,12-15H,7,10-11,16H2,1-3H3,(H,23,25). The second-order valence-electron chi connectivity index (χ2n) is 7.10. The zero-order valence-corrected chi connectivity index (χ0v) is 15.7. The molecule has 0 aliphatic carbocycles. The fraction of sp³-hybridized carbons (Fsp3) is 0.364. The van der Waals surface area contributed by atoms with Gasteiger partial charge in [-0.1, -0.05) is 30.3 Å². The van der Waals surface area contributed by atoms with Crippen LogP contribution >= 0.6 is 0 Å². The smallest absolute Gasteiger partial charge is 0.220 e. The molecule has 138 valence electrons. The fourth-order valence-electron chi connectivity index (χ4n) is 2.92. The highest BCUT2D eigenvalue weighted by molar-refractivity contribution is 5.96. The van der Waals surface area contributed by atoms with Gasteiger partial charge in [-0.2, -0.15) is 0 Å². The molecular weight excluding hydrogens is 326 g/mol. The summed E-state index contributed by atoms with van der Waals surface area (Å²) in [5, 5.41) is 3.07.